The van der Waals surface area contributed by atoms with E-state index in [4.69, 9.17) is 4.74 Å². The third-order valence-corrected chi connectivity index (χ3v) is 2.84. The fourth-order valence-electron chi connectivity index (χ4n) is 1.46. The van der Waals surface area contributed by atoms with Crippen LogP contribution in [0.1, 0.15) is 47.0 Å². The van der Waals surface area contributed by atoms with Crippen LogP contribution in [0.3, 0.4) is 0 Å². The first-order valence-electron chi connectivity index (χ1n) is 5.78. The molecule has 0 fully saturated rings. The van der Waals surface area contributed by atoms with E-state index in [0.717, 1.165) is 19.6 Å². The summed E-state index contributed by atoms with van der Waals surface area (Å²) in [6.45, 7) is 11.0. The summed E-state index contributed by atoms with van der Waals surface area (Å²) in [5.74, 6) is 0. The van der Waals surface area contributed by atoms with Gasteiger partial charge in [0.05, 0.1) is 0 Å². The molecule has 0 radical (unpaired) electrons. The number of methoxy groups -OCH3 is 1. The molecule has 14 heavy (non-hydrogen) atoms. The molecule has 2 heteroatoms. The first-order chi connectivity index (χ1) is 6.55. The fourth-order valence-corrected chi connectivity index (χ4v) is 1.46. The zero-order chi connectivity index (χ0) is 11.0. The van der Waals surface area contributed by atoms with E-state index in [-0.39, 0.29) is 0 Å². The zero-order valence-corrected chi connectivity index (χ0v) is 10.5. The molecule has 0 saturated heterocycles. The maximum Gasteiger partial charge on any atom is 0.0467 e. The Hall–Kier alpha value is -0.0800. The highest BCUT2D eigenvalue weighted by Gasteiger charge is 2.18. The van der Waals surface area contributed by atoms with Gasteiger partial charge in [-0.2, -0.15) is 0 Å². The second-order valence-corrected chi connectivity index (χ2v) is 4.80. The lowest BCUT2D eigenvalue weighted by Crippen LogP contribution is -2.36. The molecule has 0 unspecified atom stereocenters. The summed E-state index contributed by atoms with van der Waals surface area (Å²) in [6, 6.07) is 0.678. The maximum absolute atomic E-state index is 5.11. The fraction of sp³-hybridized carbons (Fsp3) is 1.00. The Bertz CT molecular complexity index is 130. The van der Waals surface area contributed by atoms with E-state index in [1.165, 1.54) is 12.8 Å². The van der Waals surface area contributed by atoms with Crippen molar-refractivity contribution in [2.24, 2.45) is 5.41 Å². The molecule has 0 amide bonds. The molecule has 0 heterocycles. The number of hydrogen-bond donors (Lipinski definition) is 1. The van der Waals surface area contributed by atoms with Crippen LogP contribution in [0.5, 0.6) is 0 Å². The molecule has 0 aromatic rings. The minimum atomic E-state index is 0.346. The lowest BCUT2D eigenvalue weighted by atomic mass is 9.89. The van der Waals surface area contributed by atoms with Crippen molar-refractivity contribution in [2.45, 2.75) is 53.0 Å². The van der Waals surface area contributed by atoms with E-state index in [1.807, 2.05) is 0 Å². The lowest BCUT2D eigenvalue weighted by molar-refractivity contribution is 0.148. The van der Waals surface area contributed by atoms with Gasteiger partial charge in [0.2, 0.25) is 0 Å². The smallest absolute Gasteiger partial charge is 0.0467 e. The number of rotatable bonds is 8. The number of ether oxygens (including phenoxy) is 1. The molecule has 0 atom stereocenters. The second kappa shape index (κ2) is 7.24. The largest absolute Gasteiger partial charge is 0.385 e. The van der Waals surface area contributed by atoms with Crippen LogP contribution in [0.15, 0.2) is 0 Å². The predicted molar refractivity (Wildman–Crippen MR) is 62.6 cm³/mol. The Morgan fingerprint density at radius 2 is 1.79 bits per heavy atom. The summed E-state index contributed by atoms with van der Waals surface area (Å²) in [4.78, 5) is 0. The monoisotopic (exact) mass is 201 g/mol. The van der Waals surface area contributed by atoms with Crippen LogP contribution in [-0.2, 0) is 4.74 Å². The normalized spacial score (nSPS) is 12.4. The van der Waals surface area contributed by atoms with Crippen molar-refractivity contribution >= 4 is 0 Å². The van der Waals surface area contributed by atoms with Gasteiger partial charge in [0, 0.05) is 26.3 Å². The van der Waals surface area contributed by atoms with Gasteiger partial charge in [0.25, 0.3) is 0 Å². The summed E-state index contributed by atoms with van der Waals surface area (Å²) < 4.78 is 5.11. The van der Waals surface area contributed by atoms with E-state index in [1.54, 1.807) is 7.11 Å². The molecule has 1 N–H and O–H groups in total. The average molecular weight is 201 g/mol. The Morgan fingerprint density at radius 1 is 1.21 bits per heavy atom. The molecular weight excluding hydrogens is 174 g/mol. The van der Waals surface area contributed by atoms with Gasteiger partial charge in [0.1, 0.15) is 0 Å². The van der Waals surface area contributed by atoms with E-state index >= 15 is 0 Å². The second-order valence-electron chi connectivity index (χ2n) is 4.80. The van der Waals surface area contributed by atoms with Gasteiger partial charge < -0.3 is 10.1 Å². The van der Waals surface area contributed by atoms with Crippen LogP contribution in [-0.4, -0.2) is 26.3 Å². The summed E-state index contributed by atoms with van der Waals surface area (Å²) in [5.41, 5.74) is 0.346. The third-order valence-electron chi connectivity index (χ3n) is 2.84. The van der Waals surface area contributed by atoms with Crippen LogP contribution >= 0.6 is 0 Å². The number of nitrogens with one attached hydrogen (secondary N) is 1. The summed E-state index contributed by atoms with van der Waals surface area (Å²) >= 11 is 0. The first kappa shape index (κ1) is 13.9. The van der Waals surface area contributed by atoms with Crippen molar-refractivity contribution in [2.75, 3.05) is 20.3 Å². The molecule has 0 rings (SSSR count). The van der Waals surface area contributed by atoms with Gasteiger partial charge >= 0.3 is 0 Å². The van der Waals surface area contributed by atoms with Gasteiger partial charge in [-0.05, 0) is 24.7 Å². The molecule has 0 aromatic heterocycles. The molecule has 0 aromatic carbocycles. The SMILES string of the molecule is CCC(CC)NCC(C)(C)CCOC. The topological polar surface area (TPSA) is 21.3 Å². The molecule has 0 aliphatic heterocycles. The summed E-state index contributed by atoms with van der Waals surface area (Å²) in [6.07, 6.45) is 3.56. The maximum atomic E-state index is 5.11. The van der Waals surface area contributed by atoms with Crippen LogP contribution in [0.25, 0.3) is 0 Å². The van der Waals surface area contributed by atoms with E-state index in [0.29, 0.717) is 11.5 Å². The Kier molecular flexibility index (Phi) is 7.20. The van der Waals surface area contributed by atoms with Gasteiger partial charge in [-0.15, -0.1) is 0 Å². The molecular formula is C12H27NO. The van der Waals surface area contributed by atoms with Crippen LogP contribution < -0.4 is 5.32 Å². The zero-order valence-electron chi connectivity index (χ0n) is 10.5. The van der Waals surface area contributed by atoms with Crippen molar-refractivity contribution in [3.8, 4) is 0 Å². The minimum absolute atomic E-state index is 0.346. The van der Waals surface area contributed by atoms with Crippen molar-refractivity contribution in [1.29, 1.82) is 0 Å². The highest BCUT2D eigenvalue weighted by atomic mass is 16.5. The third kappa shape index (κ3) is 6.39. The van der Waals surface area contributed by atoms with Crippen LogP contribution in [0.4, 0.5) is 0 Å². The van der Waals surface area contributed by atoms with Crippen molar-refractivity contribution in [3.05, 3.63) is 0 Å². The lowest BCUT2D eigenvalue weighted by Gasteiger charge is -2.27. The van der Waals surface area contributed by atoms with Gasteiger partial charge in [-0.1, -0.05) is 27.7 Å². The van der Waals surface area contributed by atoms with Crippen LogP contribution in [0.2, 0.25) is 0 Å². The highest BCUT2D eigenvalue weighted by Crippen LogP contribution is 2.19. The Labute approximate surface area is 89.4 Å². The van der Waals surface area contributed by atoms with Gasteiger partial charge in [0.15, 0.2) is 0 Å². The predicted octanol–water partition coefficient (Wildman–Crippen LogP) is 2.83. The molecule has 0 spiro atoms. The summed E-state index contributed by atoms with van der Waals surface area (Å²) in [5, 5.41) is 3.61. The minimum Gasteiger partial charge on any atom is -0.385 e. The van der Waals surface area contributed by atoms with Crippen molar-refractivity contribution in [1.82, 2.24) is 5.32 Å². The average Bonchev–Trinajstić information content (AvgIpc) is 2.16. The molecule has 0 bridgehead atoms. The van der Waals surface area contributed by atoms with E-state index in [2.05, 4.69) is 33.0 Å². The standard InChI is InChI=1S/C12H27NO/c1-6-11(7-2)13-10-12(3,4)8-9-14-5/h11,13H,6-10H2,1-5H3. The van der Waals surface area contributed by atoms with Gasteiger partial charge in [-0.3, -0.25) is 0 Å². The van der Waals surface area contributed by atoms with Crippen molar-refractivity contribution in [3.63, 3.8) is 0 Å². The van der Waals surface area contributed by atoms with E-state index < -0.39 is 0 Å². The summed E-state index contributed by atoms with van der Waals surface area (Å²) in [7, 11) is 1.77. The molecule has 0 saturated carbocycles. The molecule has 0 aliphatic carbocycles. The first-order valence-corrected chi connectivity index (χ1v) is 5.78. The Balaban J connectivity index is 3.72. The molecule has 0 aliphatic rings. The molecule has 86 valence electrons. The van der Waals surface area contributed by atoms with Crippen LogP contribution in [0, 0.1) is 5.41 Å². The quantitative estimate of drug-likeness (QED) is 0.652. The highest BCUT2D eigenvalue weighted by molar-refractivity contribution is 4.74. The van der Waals surface area contributed by atoms with Crippen molar-refractivity contribution < 1.29 is 4.74 Å². The van der Waals surface area contributed by atoms with Gasteiger partial charge in [-0.25, -0.2) is 0 Å². The number of hydrogen-bond acceptors (Lipinski definition) is 2. The Morgan fingerprint density at radius 3 is 2.21 bits per heavy atom. The molecule has 2 nitrogen and oxygen atoms in total. The van der Waals surface area contributed by atoms with E-state index in [9.17, 15) is 0 Å².